The summed E-state index contributed by atoms with van der Waals surface area (Å²) >= 11 is 0. The van der Waals surface area contributed by atoms with Crippen LogP contribution in [0.1, 0.15) is 51.0 Å². The molecule has 2 aliphatic carbocycles. The van der Waals surface area contributed by atoms with Crippen LogP contribution in [0.2, 0.25) is 0 Å². The standard InChI is InChI=1S/C37H29N5O2/c1-44-27-15-11-24(12-16-27)32-20-25(37-38-40-41-39-37)21-34-31(32)18-17-30-28-6-2-3-7-29(28)33(22-35(30)34)23-9-13-26(14-10-23)42-19-5-4-8-36(42)43/h2-20,32-33H,21-22H2,1H3,(H,38,39,40,41). The highest BCUT2D eigenvalue weighted by molar-refractivity contribution is 5.80. The predicted octanol–water partition coefficient (Wildman–Crippen LogP) is 6.49. The van der Waals surface area contributed by atoms with Gasteiger partial charge < -0.3 is 4.74 Å². The van der Waals surface area contributed by atoms with Crippen molar-refractivity contribution >= 4 is 5.57 Å². The summed E-state index contributed by atoms with van der Waals surface area (Å²) in [4.78, 5) is 12.5. The lowest BCUT2D eigenvalue weighted by atomic mass is 9.70. The van der Waals surface area contributed by atoms with E-state index in [0.29, 0.717) is 5.82 Å². The zero-order valence-electron chi connectivity index (χ0n) is 24.1. The average molecular weight is 576 g/mol. The molecule has 0 saturated carbocycles. The molecular weight excluding hydrogens is 546 g/mol. The number of methoxy groups -OCH3 is 1. The van der Waals surface area contributed by atoms with Gasteiger partial charge in [0.1, 0.15) is 5.75 Å². The normalized spacial score (nSPS) is 16.8. The molecule has 6 aromatic rings. The monoisotopic (exact) mass is 575 g/mol. The highest BCUT2D eigenvalue weighted by atomic mass is 16.5. The summed E-state index contributed by atoms with van der Waals surface area (Å²) in [6.07, 6.45) is 5.69. The largest absolute Gasteiger partial charge is 0.497 e. The molecule has 2 aromatic heterocycles. The number of aromatic nitrogens is 5. The third-order valence-corrected chi connectivity index (χ3v) is 9.08. The fourth-order valence-electron chi connectivity index (χ4n) is 6.94. The van der Waals surface area contributed by atoms with Crippen molar-refractivity contribution in [2.45, 2.75) is 24.7 Å². The molecular formula is C37H29N5O2. The van der Waals surface area contributed by atoms with Gasteiger partial charge in [0.2, 0.25) is 5.82 Å². The minimum Gasteiger partial charge on any atom is -0.497 e. The van der Waals surface area contributed by atoms with E-state index in [9.17, 15) is 4.79 Å². The summed E-state index contributed by atoms with van der Waals surface area (Å²) in [6.45, 7) is 0. The maximum Gasteiger partial charge on any atom is 0.255 e. The van der Waals surface area contributed by atoms with Gasteiger partial charge in [-0.2, -0.15) is 5.21 Å². The van der Waals surface area contributed by atoms with Crippen molar-refractivity contribution < 1.29 is 4.74 Å². The predicted molar refractivity (Wildman–Crippen MR) is 170 cm³/mol. The molecule has 0 radical (unpaired) electrons. The number of benzene rings is 4. The molecule has 8 rings (SSSR count). The highest BCUT2D eigenvalue weighted by Gasteiger charge is 2.32. The van der Waals surface area contributed by atoms with Gasteiger partial charge in [-0.05, 0) is 86.5 Å². The van der Waals surface area contributed by atoms with E-state index in [1.54, 1.807) is 23.8 Å². The molecule has 0 bridgehead atoms. The van der Waals surface area contributed by atoms with Crippen molar-refractivity contribution in [1.29, 1.82) is 0 Å². The molecule has 44 heavy (non-hydrogen) atoms. The van der Waals surface area contributed by atoms with Gasteiger partial charge in [-0.15, -0.1) is 10.2 Å². The quantitative estimate of drug-likeness (QED) is 0.254. The van der Waals surface area contributed by atoms with E-state index >= 15 is 0 Å². The van der Waals surface area contributed by atoms with E-state index in [0.717, 1.165) is 29.9 Å². The smallest absolute Gasteiger partial charge is 0.255 e. The van der Waals surface area contributed by atoms with E-state index in [-0.39, 0.29) is 17.4 Å². The maximum atomic E-state index is 12.5. The Labute approximate surface area is 254 Å². The Morgan fingerprint density at radius 1 is 0.795 bits per heavy atom. The van der Waals surface area contributed by atoms with Crippen LogP contribution >= 0.6 is 0 Å². The number of rotatable bonds is 5. The van der Waals surface area contributed by atoms with E-state index in [4.69, 9.17) is 4.74 Å². The number of hydrogen-bond donors (Lipinski definition) is 1. The van der Waals surface area contributed by atoms with Crippen molar-refractivity contribution in [2.75, 3.05) is 7.11 Å². The minimum atomic E-state index is -0.0410. The van der Waals surface area contributed by atoms with Crippen LogP contribution in [-0.4, -0.2) is 32.3 Å². The Morgan fingerprint density at radius 3 is 2.36 bits per heavy atom. The Morgan fingerprint density at radius 2 is 1.59 bits per heavy atom. The van der Waals surface area contributed by atoms with Crippen molar-refractivity contribution in [1.82, 2.24) is 25.2 Å². The Hall–Kier alpha value is -5.56. The first-order valence-corrected chi connectivity index (χ1v) is 14.8. The first-order chi connectivity index (χ1) is 21.7. The van der Waals surface area contributed by atoms with Gasteiger partial charge in [0.25, 0.3) is 5.56 Å². The van der Waals surface area contributed by atoms with Crippen LogP contribution in [0.5, 0.6) is 5.75 Å². The second-order valence-corrected chi connectivity index (χ2v) is 11.4. The summed E-state index contributed by atoms with van der Waals surface area (Å²) in [7, 11) is 1.69. The van der Waals surface area contributed by atoms with Gasteiger partial charge in [0, 0.05) is 41.8 Å². The summed E-state index contributed by atoms with van der Waals surface area (Å²) in [6, 6.07) is 35.3. The fourth-order valence-corrected chi connectivity index (χ4v) is 6.94. The number of ether oxygens (including phenoxy) is 1. The van der Waals surface area contributed by atoms with Crippen LogP contribution in [0.4, 0.5) is 0 Å². The van der Waals surface area contributed by atoms with E-state index < -0.39 is 0 Å². The maximum absolute atomic E-state index is 12.5. The zero-order valence-corrected chi connectivity index (χ0v) is 24.1. The molecule has 7 heteroatoms. The Kier molecular flexibility index (Phi) is 6.30. The molecule has 0 aliphatic heterocycles. The topological polar surface area (TPSA) is 85.7 Å². The lowest BCUT2D eigenvalue weighted by Gasteiger charge is -2.34. The molecule has 0 fully saturated rings. The minimum absolute atomic E-state index is 0.0410. The molecule has 0 saturated heterocycles. The van der Waals surface area contributed by atoms with Crippen LogP contribution in [0.3, 0.4) is 0 Å². The number of tetrazole rings is 1. The molecule has 214 valence electrons. The number of fused-ring (bicyclic) bond motifs is 5. The number of nitrogens with zero attached hydrogens (tertiary/aromatic N) is 4. The van der Waals surface area contributed by atoms with Crippen LogP contribution in [0, 0.1) is 0 Å². The summed E-state index contributed by atoms with van der Waals surface area (Å²) in [5, 5.41) is 15.2. The van der Waals surface area contributed by atoms with Crippen molar-refractivity contribution in [3.05, 3.63) is 165 Å². The first-order valence-electron chi connectivity index (χ1n) is 14.8. The van der Waals surface area contributed by atoms with Crippen molar-refractivity contribution in [2.24, 2.45) is 0 Å². The van der Waals surface area contributed by atoms with Gasteiger partial charge in [0.05, 0.1) is 7.11 Å². The number of allylic oxidation sites excluding steroid dienone is 2. The molecule has 7 nitrogen and oxygen atoms in total. The van der Waals surface area contributed by atoms with Crippen LogP contribution in [-0.2, 0) is 12.8 Å². The van der Waals surface area contributed by atoms with Gasteiger partial charge in [-0.25, -0.2) is 0 Å². The number of hydrogen-bond acceptors (Lipinski definition) is 5. The molecule has 4 aromatic carbocycles. The van der Waals surface area contributed by atoms with Gasteiger partial charge >= 0.3 is 0 Å². The van der Waals surface area contributed by atoms with Crippen LogP contribution in [0.25, 0.3) is 22.4 Å². The third kappa shape index (κ3) is 4.36. The van der Waals surface area contributed by atoms with E-state index in [2.05, 4.69) is 87.4 Å². The van der Waals surface area contributed by atoms with E-state index in [1.807, 2.05) is 36.5 Å². The van der Waals surface area contributed by atoms with Gasteiger partial charge in [-0.1, -0.05) is 72.8 Å². The lowest BCUT2D eigenvalue weighted by Crippen LogP contribution is -2.19. The second-order valence-electron chi connectivity index (χ2n) is 11.4. The lowest BCUT2D eigenvalue weighted by molar-refractivity contribution is 0.414. The molecule has 1 N–H and O–H groups in total. The summed E-state index contributed by atoms with van der Waals surface area (Å²) in [5.41, 5.74) is 12.2. The number of H-pyrrole nitrogens is 1. The summed E-state index contributed by atoms with van der Waals surface area (Å²) < 4.78 is 7.12. The molecule has 2 unspecified atom stereocenters. The van der Waals surface area contributed by atoms with Crippen LogP contribution < -0.4 is 10.3 Å². The number of aromatic amines is 1. The highest BCUT2D eigenvalue weighted by Crippen LogP contribution is 2.48. The molecule has 2 aliphatic rings. The second kappa shape index (κ2) is 10.6. The molecule has 2 heterocycles. The summed E-state index contributed by atoms with van der Waals surface area (Å²) in [5.74, 6) is 1.68. The van der Waals surface area contributed by atoms with Gasteiger partial charge in [-0.3, -0.25) is 9.36 Å². The Balaban J connectivity index is 1.25. The first kappa shape index (κ1) is 26.1. The fraction of sp³-hybridized carbons (Fsp3) is 0.135. The van der Waals surface area contributed by atoms with Gasteiger partial charge in [0.15, 0.2) is 0 Å². The Bertz CT molecular complexity index is 2080. The molecule has 0 amide bonds. The van der Waals surface area contributed by atoms with Crippen molar-refractivity contribution in [3.63, 3.8) is 0 Å². The molecule has 2 atom stereocenters. The van der Waals surface area contributed by atoms with Crippen LogP contribution in [0.15, 0.2) is 120 Å². The zero-order chi connectivity index (χ0) is 29.6. The number of nitrogens with one attached hydrogen (secondary N) is 1. The van der Waals surface area contributed by atoms with Crippen molar-refractivity contribution in [3.8, 4) is 22.6 Å². The number of pyridine rings is 1. The average Bonchev–Trinajstić information content (AvgIpc) is 3.63. The third-order valence-electron chi connectivity index (χ3n) is 9.08. The van der Waals surface area contributed by atoms with E-state index in [1.165, 1.54) is 44.5 Å². The SMILES string of the molecule is COc1ccc(C2C=C(c3nn[nH]n3)Cc3c2ccc2c3CC(c3ccc(-n4ccccc4=O)cc3)c3ccccc3-2)cc1. The molecule has 0 spiro atoms.